The Bertz CT molecular complexity index is 1030. The molecular formula is C23H23NO6. The molecule has 0 saturated heterocycles. The minimum absolute atomic E-state index is 0.165. The number of hydrogen-bond donors (Lipinski definition) is 0. The summed E-state index contributed by atoms with van der Waals surface area (Å²) in [6.07, 6.45) is 1.35. The molecule has 0 aromatic heterocycles. The molecule has 0 aliphatic rings. The van der Waals surface area contributed by atoms with E-state index in [-0.39, 0.29) is 23.7 Å². The van der Waals surface area contributed by atoms with Crippen molar-refractivity contribution in [2.75, 3.05) is 20.8 Å². The van der Waals surface area contributed by atoms with E-state index >= 15 is 0 Å². The van der Waals surface area contributed by atoms with E-state index in [9.17, 15) is 9.59 Å². The summed E-state index contributed by atoms with van der Waals surface area (Å²) < 4.78 is 20.8. The Balaban J connectivity index is 2.14. The number of rotatable bonds is 7. The monoisotopic (exact) mass is 409 g/mol. The SMILES string of the molecule is COC(=O)/C(C#N)=C/c1ccc(OC(=O)COc2c(C)ccc(C)c2C)c(OC)c1. The summed E-state index contributed by atoms with van der Waals surface area (Å²) in [6, 6.07) is 10.3. The number of carbonyl (C=O) groups excluding carboxylic acids is 2. The first-order valence-corrected chi connectivity index (χ1v) is 9.09. The van der Waals surface area contributed by atoms with Gasteiger partial charge in [0.25, 0.3) is 0 Å². The van der Waals surface area contributed by atoms with E-state index in [2.05, 4.69) is 4.74 Å². The number of benzene rings is 2. The normalized spacial score (nSPS) is 10.7. The van der Waals surface area contributed by atoms with Crippen LogP contribution in [0.5, 0.6) is 17.2 Å². The molecule has 0 fully saturated rings. The van der Waals surface area contributed by atoms with Gasteiger partial charge in [-0.3, -0.25) is 0 Å². The third kappa shape index (κ3) is 5.39. The number of ether oxygens (including phenoxy) is 4. The van der Waals surface area contributed by atoms with Crippen LogP contribution in [0.25, 0.3) is 6.08 Å². The Labute approximate surface area is 175 Å². The van der Waals surface area contributed by atoms with Gasteiger partial charge >= 0.3 is 11.9 Å². The maximum atomic E-state index is 12.3. The van der Waals surface area contributed by atoms with Crippen molar-refractivity contribution in [2.24, 2.45) is 0 Å². The second kappa shape index (κ2) is 10.1. The van der Waals surface area contributed by atoms with Crippen LogP contribution in [0.2, 0.25) is 0 Å². The Kier molecular flexibility index (Phi) is 7.59. The topological polar surface area (TPSA) is 94.9 Å². The third-order valence-electron chi connectivity index (χ3n) is 4.46. The smallest absolute Gasteiger partial charge is 0.349 e. The van der Waals surface area contributed by atoms with Gasteiger partial charge in [0, 0.05) is 0 Å². The van der Waals surface area contributed by atoms with Crippen molar-refractivity contribution in [1.82, 2.24) is 0 Å². The van der Waals surface area contributed by atoms with Crippen LogP contribution in [0.1, 0.15) is 22.3 Å². The van der Waals surface area contributed by atoms with Gasteiger partial charge in [0.15, 0.2) is 18.1 Å². The van der Waals surface area contributed by atoms with Crippen LogP contribution in [-0.4, -0.2) is 32.8 Å². The number of nitriles is 1. The average Bonchev–Trinajstić information content (AvgIpc) is 2.74. The van der Waals surface area contributed by atoms with Gasteiger partial charge in [-0.2, -0.15) is 5.26 Å². The molecule has 2 aromatic rings. The highest BCUT2D eigenvalue weighted by atomic mass is 16.6. The van der Waals surface area contributed by atoms with Crippen molar-refractivity contribution >= 4 is 18.0 Å². The summed E-state index contributed by atoms with van der Waals surface area (Å²) >= 11 is 0. The van der Waals surface area contributed by atoms with Gasteiger partial charge in [0.05, 0.1) is 14.2 Å². The van der Waals surface area contributed by atoms with Crippen molar-refractivity contribution in [3.8, 4) is 23.3 Å². The lowest BCUT2D eigenvalue weighted by Crippen LogP contribution is -2.18. The number of aryl methyl sites for hydroxylation is 2. The molecule has 0 unspecified atom stereocenters. The van der Waals surface area contributed by atoms with E-state index in [0.29, 0.717) is 11.3 Å². The van der Waals surface area contributed by atoms with E-state index in [1.807, 2.05) is 32.9 Å². The molecule has 0 aliphatic carbocycles. The van der Waals surface area contributed by atoms with E-state index < -0.39 is 11.9 Å². The molecule has 0 heterocycles. The van der Waals surface area contributed by atoms with Crippen molar-refractivity contribution in [3.05, 3.63) is 58.2 Å². The molecule has 0 aliphatic heterocycles. The first-order valence-electron chi connectivity index (χ1n) is 9.09. The molecule has 0 radical (unpaired) electrons. The average molecular weight is 409 g/mol. The van der Waals surface area contributed by atoms with Crippen molar-refractivity contribution in [3.63, 3.8) is 0 Å². The fourth-order valence-corrected chi connectivity index (χ4v) is 2.70. The summed E-state index contributed by atoms with van der Waals surface area (Å²) in [4.78, 5) is 23.8. The van der Waals surface area contributed by atoms with Crippen LogP contribution < -0.4 is 14.2 Å². The summed E-state index contributed by atoms with van der Waals surface area (Å²) in [5, 5.41) is 9.06. The van der Waals surface area contributed by atoms with Gasteiger partial charge in [0.1, 0.15) is 17.4 Å². The maximum Gasteiger partial charge on any atom is 0.349 e. The highest BCUT2D eigenvalue weighted by molar-refractivity contribution is 5.97. The molecule has 7 nitrogen and oxygen atoms in total. The third-order valence-corrected chi connectivity index (χ3v) is 4.46. The molecule has 30 heavy (non-hydrogen) atoms. The van der Waals surface area contributed by atoms with E-state index in [0.717, 1.165) is 16.7 Å². The van der Waals surface area contributed by atoms with Gasteiger partial charge in [-0.15, -0.1) is 0 Å². The second-order valence-corrected chi connectivity index (χ2v) is 6.49. The maximum absolute atomic E-state index is 12.3. The van der Waals surface area contributed by atoms with Gasteiger partial charge in [0.2, 0.25) is 0 Å². The quantitative estimate of drug-likeness (QED) is 0.298. The fourth-order valence-electron chi connectivity index (χ4n) is 2.70. The molecule has 0 atom stereocenters. The zero-order chi connectivity index (χ0) is 22.3. The summed E-state index contributed by atoms with van der Waals surface area (Å²) in [7, 11) is 2.61. The fraction of sp³-hybridized carbons (Fsp3) is 0.261. The summed E-state index contributed by atoms with van der Waals surface area (Å²) in [6.45, 7) is 5.55. The van der Waals surface area contributed by atoms with Gasteiger partial charge in [-0.1, -0.05) is 18.2 Å². The number of hydrogen-bond acceptors (Lipinski definition) is 7. The van der Waals surface area contributed by atoms with Crippen LogP contribution in [0.4, 0.5) is 0 Å². The molecule has 2 aromatic carbocycles. The molecule has 0 bridgehead atoms. The van der Waals surface area contributed by atoms with Crippen LogP contribution in [-0.2, 0) is 14.3 Å². The minimum Gasteiger partial charge on any atom is -0.493 e. The predicted molar refractivity (Wildman–Crippen MR) is 110 cm³/mol. The largest absolute Gasteiger partial charge is 0.493 e. The van der Waals surface area contributed by atoms with Crippen molar-refractivity contribution < 1.29 is 28.5 Å². The lowest BCUT2D eigenvalue weighted by molar-refractivity contribution is -0.137. The number of methoxy groups -OCH3 is 2. The summed E-state index contributed by atoms with van der Waals surface area (Å²) in [5.41, 5.74) is 3.31. The molecular weight excluding hydrogens is 386 g/mol. The number of nitrogens with zero attached hydrogens (tertiary/aromatic N) is 1. The van der Waals surface area contributed by atoms with E-state index in [1.54, 1.807) is 18.2 Å². The van der Waals surface area contributed by atoms with E-state index in [1.165, 1.54) is 26.4 Å². The highest BCUT2D eigenvalue weighted by Crippen LogP contribution is 2.30. The Hall–Kier alpha value is -3.79. The Morgan fingerprint density at radius 2 is 1.73 bits per heavy atom. The molecule has 7 heteroatoms. The second-order valence-electron chi connectivity index (χ2n) is 6.49. The van der Waals surface area contributed by atoms with Crippen LogP contribution >= 0.6 is 0 Å². The Morgan fingerprint density at radius 3 is 2.37 bits per heavy atom. The molecule has 0 N–H and O–H groups in total. The van der Waals surface area contributed by atoms with E-state index in [4.69, 9.17) is 19.5 Å². The van der Waals surface area contributed by atoms with Gasteiger partial charge in [-0.25, -0.2) is 9.59 Å². The van der Waals surface area contributed by atoms with Crippen molar-refractivity contribution in [1.29, 1.82) is 5.26 Å². The van der Waals surface area contributed by atoms with Crippen LogP contribution in [0, 0.1) is 32.1 Å². The molecule has 0 amide bonds. The number of esters is 2. The zero-order valence-corrected chi connectivity index (χ0v) is 17.6. The molecule has 156 valence electrons. The predicted octanol–water partition coefficient (Wildman–Crippen LogP) is 3.68. The summed E-state index contributed by atoms with van der Waals surface area (Å²) in [5.74, 6) is -0.221. The first kappa shape index (κ1) is 22.5. The molecule has 2 rings (SSSR count). The highest BCUT2D eigenvalue weighted by Gasteiger charge is 2.15. The zero-order valence-electron chi connectivity index (χ0n) is 17.6. The molecule has 0 spiro atoms. The van der Waals surface area contributed by atoms with Crippen LogP contribution in [0.15, 0.2) is 35.9 Å². The lowest BCUT2D eigenvalue weighted by Gasteiger charge is -2.14. The van der Waals surface area contributed by atoms with Gasteiger partial charge in [-0.05, 0) is 61.2 Å². The molecule has 0 saturated carbocycles. The minimum atomic E-state index is -0.745. The number of carbonyl (C=O) groups is 2. The van der Waals surface area contributed by atoms with Crippen molar-refractivity contribution in [2.45, 2.75) is 20.8 Å². The lowest BCUT2D eigenvalue weighted by atomic mass is 10.1. The Morgan fingerprint density at radius 1 is 1.03 bits per heavy atom. The first-order chi connectivity index (χ1) is 14.3. The van der Waals surface area contributed by atoms with Gasteiger partial charge < -0.3 is 18.9 Å². The standard InChI is InChI=1S/C23H23NO6/c1-14-6-7-15(2)22(16(14)3)29-13-21(25)30-19-9-8-17(11-20(19)27-4)10-18(12-24)23(26)28-5/h6-11H,13H2,1-5H3/b18-10+. The van der Waals surface area contributed by atoms with Crippen LogP contribution in [0.3, 0.4) is 0 Å².